The van der Waals surface area contributed by atoms with E-state index in [1.807, 2.05) is 18.2 Å². The van der Waals surface area contributed by atoms with Gasteiger partial charge in [-0.15, -0.1) is 0 Å². The van der Waals surface area contributed by atoms with Gasteiger partial charge in [0.15, 0.2) is 0 Å². The molecule has 0 spiro atoms. The number of ether oxygens (including phenoxy) is 1. The molecule has 22 heavy (non-hydrogen) atoms. The first-order valence-electron chi connectivity index (χ1n) is 7.29. The van der Waals surface area contributed by atoms with E-state index in [-0.39, 0.29) is 17.7 Å². The maximum atomic E-state index is 12.3. The fraction of sp³-hybridized carbons (Fsp3) is 0.294. The monoisotopic (exact) mass is 298 g/mol. The molecule has 3 rings (SSSR count). The Balaban J connectivity index is 1.81. The van der Waals surface area contributed by atoms with E-state index < -0.39 is 0 Å². The summed E-state index contributed by atoms with van der Waals surface area (Å²) in [6, 6.07) is 7.35. The largest absolute Gasteiger partial charge is 0.506 e. The summed E-state index contributed by atoms with van der Waals surface area (Å²) < 4.78 is 5.26. The fourth-order valence-electron chi connectivity index (χ4n) is 2.86. The molecule has 1 aliphatic carbocycles. The van der Waals surface area contributed by atoms with Crippen LogP contribution in [0.5, 0.6) is 11.5 Å². The van der Waals surface area contributed by atoms with Crippen molar-refractivity contribution in [1.82, 2.24) is 10.3 Å². The lowest BCUT2D eigenvalue weighted by Gasteiger charge is -2.26. The van der Waals surface area contributed by atoms with Crippen LogP contribution in [0.15, 0.2) is 36.7 Å². The highest BCUT2D eigenvalue weighted by Crippen LogP contribution is 2.32. The summed E-state index contributed by atoms with van der Waals surface area (Å²) in [7, 11) is 1.65. The van der Waals surface area contributed by atoms with E-state index in [2.05, 4.69) is 10.3 Å². The predicted octanol–water partition coefficient (Wildman–Crippen LogP) is 2.60. The van der Waals surface area contributed by atoms with Crippen molar-refractivity contribution < 1.29 is 14.6 Å². The number of nitrogens with zero attached hydrogens (tertiary/aromatic N) is 1. The molecule has 1 unspecified atom stereocenters. The molecule has 1 atom stereocenters. The third-order valence-corrected chi connectivity index (χ3v) is 3.96. The fourth-order valence-corrected chi connectivity index (χ4v) is 2.86. The molecule has 1 aromatic heterocycles. The average molecular weight is 298 g/mol. The molecule has 5 heteroatoms. The van der Waals surface area contributed by atoms with Gasteiger partial charge in [0.1, 0.15) is 11.5 Å². The van der Waals surface area contributed by atoms with Gasteiger partial charge in [0.25, 0.3) is 5.91 Å². The standard InChI is InChI=1S/C17H18N2O3/c1-22-14-5-6-15-11(8-14)3-2-4-16(15)19-17(21)12-7-13(20)10-18-9-12/h5-10,16,20H,2-4H2,1H3,(H,19,21). The van der Waals surface area contributed by atoms with Gasteiger partial charge >= 0.3 is 0 Å². The Hall–Kier alpha value is -2.56. The minimum atomic E-state index is -0.225. The lowest BCUT2D eigenvalue weighted by molar-refractivity contribution is 0.0932. The maximum Gasteiger partial charge on any atom is 0.253 e. The Bertz CT molecular complexity index is 700. The molecule has 2 aromatic rings. The molecule has 5 nitrogen and oxygen atoms in total. The Morgan fingerprint density at radius 1 is 1.36 bits per heavy atom. The van der Waals surface area contributed by atoms with E-state index in [4.69, 9.17) is 4.74 Å². The first-order chi connectivity index (χ1) is 10.7. The number of carbonyl (C=O) groups is 1. The van der Waals surface area contributed by atoms with Crippen LogP contribution < -0.4 is 10.1 Å². The van der Waals surface area contributed by atoms with E-state index in [0.717, 1.165) is 30.6 Å². The lowest BCUT2D eigenvalue weighted by Crippen LogP contribution is -2.31. The highest BCUT2D eigenvalue weighted by atomic mass is 16.5. The number of amides is 1. The van der Waals surface area contributed by atoms with Gasteiger partial charge in [0.05, 0.1) is 24.9 Å². The summed E-state index contributed by atoms with van der Waals surface area (Å²) in [5.41, 5.74) is 2.71. The van der Waals surface area contributed by atoms with Crippen LogP contribution in [-0.4, -0.2) is 23.1 Å². The first kappa shape index (κ1) is 14.4. The smallest absolute Gasteiger partial charge is 0.253 e. The Morgan fingerprint density at radius 2 is 2.23 bits per heavy atom. The quantitative estimate of drug-likeness (QED) is 0.913. The molecular weight excluding hydrogens is 280 g/mol. The number of aryl methyl sites for hydroxylation is 1. The summed E-state index contributed by atoms with van der Waals surface area (Å²) in [5.74, 6) is 0.599. The second-order valence-electron chi connectivity index (χ2n) is 5.41. The number of hydrogen-bond donors (Lipinski definition) is 2. The Morgan fingerprint density at radius 3 is 3.00 bits per heavy atom. The molecule has 0 saturated heterocycles. The predicted molar refractivity (Wildman–Crippen MR) is 82.0 cm³/mol. The molecule has 1 aliphatic rings. The molecule has 1 amide bonds. The van der Waals surface area contributed by atoms with Crippen molar-refractivity contribution in [2.24, 2.45) is 0 Å². The Kier molecular flexibility index (Phi) is 3.96. The van der Waals surface area contributed by atoms with E-state index in [9.17, 15) is 9.90 Å². The topological polar surface area (TPSA) is 71.5 Å². The molecule has 0 aliphatic heterocycles. The van der Waals surface area contributed by atoms with Gasteiger partial charge < -0.3 is 15.2 Å². The molecule has 0 saturated carbocycles. The van der Waals surface area contributed by atoms with Crippen LogP contribution in [0.4, 0.5) is 0 Å². The molecule has 0 radical (unpaired) electrons. The van der Waals surface area contributed by atoms with Gasteiger partial charge in [-0.05, 0) is 48.6 Å². The van der Waals surface area contributed by atoms with Gasteiger partial charge in [-0.25, -0.2) is 0 Å². The van der Waals surface area contributed by atoms with Crippen molar-refractivity contribution in [1.29, 1.82) is 0 Å². The number of aromatic nitrogens is 1. The SMILES string of the molecule is COc1ccc2c(c1)CCCC2NC(=O)c1cncc(O)c1. The van der Waals surface area contributed by atoms with Crippen molar-refractivity contribution in [2.75, 3.05) is 7.11 Å². The number of hydrogen-bond acceptors (Lipinski definition) is 4. The zero-order chi connectivity index (χ0) is 15.5. The van der Waals surface area contributed by atoms with Gasteiger partial charge in [0, 0.05) is 6.20 Å². The van der Waals surface area contributed by atoms with E-state index in [1.165, 1.54) is 24.0 Å². The molecular formula is C17H18N2O3. The molecule has 1 heterocycles. The van der Waals surface area contributed by atoms with Crippen molar-refractivity contribution in [3.05, 3.63) is 53.3 Å². The second kappa shape index (κ2) is 6.05. The first-order valence-corrected chi connectivity index (χ1v) is 7.29. The van der Waals surface area contributed by atoms with Crippen LogP contribution in [-0.2, 0) is 6.42 Å². The summed E-state index contributed by atoms with van der Waals surface area (Å²) in [6.45, 7) is 0. The van der Waals surface area contributed by atoms with Crippen LogP contribution in [0, 0.1) is 0 Å². The zero-order valence-corrected chi connectivity index (χ0v) is 12.4. The van der Waals surface area contributed by atoms with Crippen molar-refractivity contribution in [2.45, 2.75) is 25.3 Å². The number of carbonyl (C=O) groups excluding carboxylic acids is 1. The molecule has 0 fully saturated rings. The van der Waals surface area contributed by atoms with Crippen molar-refractivity contribution >= 4 is 5.91 Å². The van der Waals surface area contributed by atoms with Crippen LogP contribution in [0.25, 0.3) is 0 Å². The molecule has 1 aromatic carbocycles. The van der Waals surface area contributed by atoms with Gasteiger partial charge in [-0.1, -0.05) is 6.07 Å². The molecule has 2 N–H and O–H groups in total. The molecule has 0 bridgehead atoms. The highest BCUT2D eigenvalue weighted by molar-refractivity contribution is 5.94. The minimum Gasteiger partial charge on any atom is -0.506 e. The summed E-state index contributed by atoms with van der Waals surface area (Å²) in [6.07, 6.45) is 5.67. The zero-order valence-electron chi connectivity index (χ0n) is 12.4. The third kappa shape index (κ3) is 2.88. The number of methoxy groups -OCH3 is 1. The normalized spacial score (nSPS) is 16.7. The number of aromatic hydroxyl groups is 1. The van der Waals surface area contributed by atoms with E-state index in [0.29, 0.717) is 5.56 Å². The van der Waals surface area contributed by atoms with E-state index in [1.54, 1.807) is 7.11 Å². The number of fused-ring (bicyclic) bond motifs is 1. The summed E-state index contributed by atoms with van der Waals surface area (Å²) in [4.78, 5) is 16.1. The van der Waals surface area contributed by atoms with Crippen molar-refractivity contribution in [3.8, 4) is 11.5 Å². The second-order valence-corrected chi connectivity index (χ2v) is 5.41. The summed E-state index contributed by atoms with van der Waals surface area (Å²) in [5, 5.41) is 12.5. The molecule has 114 valence electrons. The van der Waals surface area contributed by atoms with Gasteiger partial charge in [-0.3, -0.25) is 9.78 Å². The van der Waals surface area contributed by atoms with Gasteiger partial charge in [0.2, 0.25) is 0 Å². The van der Waals surface area contributed by atoms with Crippen LogP contribution in [0.2, 0.25) is 0 Å². The van der Waals surface area contributed by atoms with Crippen LogP contribution in [0.1, 0.15) is 40.4 Å². The Labute approximate surface area is 129 Å². The number of nitrogens with one attached hydrogen (secondary N) is 1. The van der Waals surface area contributed by atoms with Crippen LogP contribution in [0.3, 0.4) is 0 Å². The number of pyridine rings is 1. The third-order valence-electron chi connectivity index (χ3n) is 3.96. The van der Waals surface area contributed by atoms with E-state index >= 15 is 0 Å². The summed E-state index contributed by atoms with van der Waals surface area (Å²) >= 11 is 0. The lowest BCUT2D eigenvalue weighted by atomic mass is 9.87. The average Bonchev–Trinajstić information content (AvgIpc) is 2.54. The van der Waals surface area contributed by atoms with Crippen LogP contribution >= 0.6 is 0 Å². The van der Waals surface area contributed by atoms with Gasteiger partial charge in [-0.2, -0.15) is 0 Å². The number of rotatable bonds is 3. The number of benzene rings is 1. The highest BCUT2D eigenvalue weighted by Gasteiger charge is 2.22. The maximum absolute atomic E-state index is 12.3. The minimum absolute atomic E-state index is 0.0126. The van der Waals surface area contributed by atoms with Crippen molar-refractivity contribution in [3.63, 3.8) is 0 Å².